The van der Waals surface area contributed by atoms with Crippen LogP contribution < -0.4 is 36.3 Å². The molecule has 3 N–H and O–H groups in total. The molecule has 11 heteroatoms. The van der Waals surface area contributed by atoms with Gasteiger partial charge < -0.3 is 25.0 Å². The monoisotopic (exact) mass is 499 g/mol. The second-order valence-electron chi connectivity index (χ2n) is 8.24. The van der Waals surface area contributed by atoms with Crippen LogP contribution >= 0.6 is 11.3 Å². The summed E-state index contributed by atoms with van der Waals surface area (Å²) in [6.45, 7) is 3.53. The Morgan fingerprint density at radius 3 is 2.69 bits per heavy atom. The number of nitrogen functional groups attached to an aromatic ring is 1. The molecule has 0 bridgehead atoms. The highest BCUT2D eigenvalue weighted by Crippen LogP contribution is 2.35. The van der Waals surface area contributed by atoms with Gasteiger partial charge in [-0.05, 0) is 30.0 Å². The Balaban J connectivity index is 1.63. The molecule has 186 valence electrons. The summed E-state index contributed by atoms with van der Waals surface area (Å²) >= 11 is 1.55. The van der Waals surface area contributed by atoms with E-state index in [1.165, 1.54) is 9.47 Å². The number of aromatic amines is 1. The van der Waals surface area contributed by atoms with Gasteiger partial charge in [-0.1, -0.05) is 19.4 Å². The van der Waals surface area contributed by atoms with E-state index < -0.39 is 11.2 Å². The quantitative estimate of drug-likeness (QED) is 0.464. The Morgan fingerprint density at radius 1 is 1.20 bits per heavy atom. The van der Waals surface area contributed by atoms with Crippen LogP contribution in [0, 0.1) is 0 Å². The van der Waals surface area contributed by atoms with Crippen molar-refractivity contribution in [3.05, 3.63) is 61.4 Å². The number of nitrogens with zero attached hydrogens (tertiary/aromatic N) is 3. The number of benzene rings is 1. The van der Waals surface area contributed by atoms with Crippen LogP contribution in [0.1, 0.15) is 24.6 Å². The molecule has 1 amide bonds. The number of ether oxygens (including phenoxy) is 2. The first-order valence-corrected chi connectivity index (χ1v) is 12.3. The molecule has 0 fully saturated rings. The van der Waals surface area contributed by atoms with Crippen LogP contribution in [0.4, 0.5) is 17.2 Å². The van der Waals surface area contributed by atoms with Crippen molar-refractivity contribution in [1.82, 2.24) is 9.55 Å². The summed E-state index contributed by atoms with van der Waals surface area (Å²) in [6.07, 6.45) is 1.60. The maximum absolute atomic E-state index is 13.6. The molecule has 1 aromatic carbocycles. The molecule has 0 saturated heterocycles. The van der Waals surface area contributed by atoms with Gasteiger partial charge in [-0.3, -0.25) is 19.1 Å². The van der Waals surface area contributed by atoms with Crippen LogP contribution in [0.2, 0.25) is 0 Å². The number of carbonyl (C=O) groups excluding carboxylic acids is 1. The number of hydrogen-bond donors (Lipinski definition) is 2. The molecular weight excluding hydrogens is 470 g/mol. The van der Waals surface area contributed by atoms with E-state index in [1.54, 1.807) is 35.4 Å². The molecule has 0 atom stereocenters. The van der Waals surface area contributed by atoms with Gasteiger partial charge in [0.05, 0.1) is 13.1 Å². The number of nitrogens with one attached hydrogen (secondary N) is 1. The number of hydrogen-bond acceptors (Lipinski definition) is 8. The molecule has 3 aromatic rings. The number of aromatic nitrogens is 2. The number of nitrogens with two attached hydrogens (primary N) is 1. The SMILES string of the molecule is CCCCn1c(N)c(N(C)CC(=O)N(Cc2cccs2)c2ccc3c(c2)OCCO3)c(=O)[nH]c1=O. The molecular formula is C24H29N5O5S. The van der Waals surface area contributed by atoms with Gasteiger partial charge in [0, 0.05) is 30.2 Å². The minimum absolute atomic E-state index is 0.0478. The fourth-order valence-corrected chi connectivity index (χ4v) is 4.63. The van der Waals surface area contributed by atoms with E-state index in [0.29, 0.717) is 43.5 Å². The fraction of sp³-hybridized carbons (Fsp3) is 0.375. The lowest BCUT2D eigenvalue weighted by Crippen LogP contribution is -2.42. The first-order chi connectivity index (χ1) is 16.9. The van der Waals surface area contributed by atoms with Gasteiger partial charge in [0.2, 0.25) is 5.91 Å². The van der Waals surface area contributed by atoms with E-state index in [0.717, 1.165) is 17.7 Å². The van der Waals surface area contributed by atoms with Gasteiger partial charge in [-0.25, -0.2) is 4.79 Å². The maximum Gasteiger partial charge on any atom is 0.330 e. The zero-order valence-electron chi connectivity index (χ0n) is 19.8. The first kappa shape index (κ1) is 24.4. The van der Waals surface area contributed by atoms with Crippen LogP contribution in [0.5, 0.6) is 11.5 Å². The predicted molar refractivity (Wildman–Crippen MR) is 137 cm³/mol. The van der Waals surface area contributed by atoms with Crippen LogP contribution in [0.25, 0.3) is 0 Å². The maximum atomic E-state index is 13.6. The van der Waals surface area contributed by atoms with E-state index in [9.17, 15) is 14.4 Å². The predicted octanol–water partition coefficient (Wildman–Crippen LogP) is 2.42. The molecule has 35 heavy (non-hydrogen) atoms. The first-order valence-electron chi connectivity index (χ1n) is 11.4. The smallest absolute Gasteiger partial charge is 0.330 e. The highest BCUT2D eigenvalue weighted by molar-refractivity contribution is 7.09. The van der Waals surface area contributed by atoms with Crippen molar-refractivity contribution in [3.63, 3.8) is 0 Å². The fourth-order valence-electron chi connectivity index (χ4n) is 3.93. The standard InChI is InChI=1S/C24H29N5O5S/c1-3-4-9-28-22(25)21(23(31)26-24(28)32)27(2)15-20(30)29(14-17-6-5-12-35-17)16-7-8-18-19(13-16)34-11-10-33-18/h5-8,12-13H,3-4,9-11,14-15,25H2,1-2H3,(H,26,31,32). The Kier molecular flexibility index (Phi) is 7.45. The topological polar surface area (TPSA) is 123 Å². The number of H-pyrrole nitrogens is 1. The average molecular weight is 500 g/mol. The summed E-state index contributed by atoms with van der Waals surface area (Å²) in [5.74, 6) is 1.01. The van der Waals surface area contributed by atoms with Gasteiger partial charge in [0.1, 0.15) is 24.7 Å². The number of amides is 1. The van der Waals surface area contributed by atoms with E-state index >= 15 is 0 Å². The normalized spacial score (nSPS) is 12.4. The summed E-state index contributed by atoms with van der Waals surface area (Å²) in [5, 5.41) is 1.95. The van der Waals surface area contributed by atoms with Crippen molar-refractivity contribution in [2.75, 3.05) is 42.3 Å². The van der Waals surface area contributed by atoms with E-state index in [1.807, 2.05) is 30.5 Å². The van der Waals surface area contributed by atoms with Crippen LogP contribution in [0.15, 0.2) is 45.3 Å². The Bertz CT molecular complexity index is 1300. The number of fused-ring (bicyclic) bond motifs is 1. The molecule has 2 aromatic heterocycles. The third-order valence-electron chi connectivity index (χ3n) is 5.74. The number of thiophene rings is 1. The summed E-state index contributed by atoms with van der Waals surface area (Å²) < 4.78 is 12.6. The number of likely N-dealkylation sites (N-methyl/N-ethyl adjacent to an activating group) is 1. The van der Waals surface area contributed by atoms with Crippen molar-refractivity contribution in [1.29, 1.82) is 0 Å². The molecule has 0 aliphatic carbocycles. The number of anilines is 3. The lowest BCUT2D eigenvalue weighted by Gasteiger charge is -2.28. The molecule has 0 radical (unpaired) electrons. The number of carbonyl (C=O) groups is 1. The molecule has 3 heterocycles. The summed E-state index contributed by atoms with van der Waals surface area (Å²) in [7, 11) is 1.61. The number of unbranched alkanes of at least 4 members (excludes halogenated alkanes) is 1. The van der Waals surface area contributed by atoms with E-state index in [4.69, 9.17) is 15.2 Å². The van der Waals surface area contributed by atoms with Crippen LogP contribution in [0.3, 0.4) is 0 Å². The lowest BCUT2D eigenvalue weighted by molar-refractivity contribution is -0.117. The van der Waals surface area contributed by atoms with Crippen LogP contribution in [-0.2, 0) is 17.9 Å². The molecule has 0 saturated carbocycles. The van der Waals surface area contributed by atoms with Gasteiger partial charge in [-0.2, -0.15) is 0 Å². The van der Waals surface area contributed by atoms with Gasteiger partial charge >= 0.3 is 5.69 Å². The summed E-state index contributed by atoms with van der Waals surface area (Å²) in [5.41, 5.74) is 5.78. The molecule has 0 spiro atoms. The molecule has 0 unspecified atom stereocenters. The average Bonchev–Trinajstić information content (AvgIpc) is 3.35. The third kappa shape index (κ3) is 5.35. The largest absolute Gasteiger partial charge is 0.486 e. The lowest BCUT2D eigenvalue weighted by atomic mass is 10.2. The van der Waals surface area contributed by atoms with E-state index in [2.05, 4.69) is 4.98 Å². The highest BCUT2D eigenvalue weighted by Gasteiger charge is 2.24. The highest BCUT2D eigenvalue weighted by atomic mass is 32.1. The minimum atomic E-state index is -0.625. The Morgan fingerprint density at radius 2 is 1.97 bits per heavy atom. The van der Waals surface area contributed by atoms with Gasteiger partial charge in [-0.15, -0.1) is 11.3 Å². The van der Waals surface area contributed by atoms with E-state index in [-0.39, 0.29) is 24.0 Å². The Hall–Kier alpha value is -3.73. The van der Waals surface area contributed by atoms with Crippen LogP contribution in [-0.4, -0.2) is 42.3 Å². The zero-order chi connectivity index (χ0) is 24.9. The van der Waals surface area contributed by atoms with Gasteiger partial charge in [0.15, 0.2) is 11.5 Å². The number of rotatable bonds is 9. The third-order valence-corrected chi connectivity index (χ3v) is 6.60. The molecule has 1 aliphatic rings. The molecule has 1 aliphatic heterocycles. The molecule has 10 nitrogen and oxygen atoms in total. The summed E-state index contributed by atoms with van der Waals surface area (Å²) in [4.78, 5) is 44.9. The Labute approximate surface area is 206 Å². The van der Waals surface area contributed by atoms with Crippen molar-refractivity contribution in [3.8, 4) is 11.5 Å². The summed E-state index contributed by atoms with van der Waals surface area (Å²) in [6, 6.07) is 9.27. The van der Waals surface area contributed by atoms with Crippen molar-refractivity contribution >= 4 is 34.4 Å². The minimum Gasteiger partial charge on any atom is -0.486 e. The van der Waals surface area contributed by atoms with Crippen molar-refractivity contribution < 1.29 is 14.3 Å². The van der Waals surface area contributed by atoms with Crippen molar-refractivity contribution in [2.24, 2.45) is 0 Å². The van der Waals surface area contributed by atoms with Gasteiger partial charge in [0.25, 0.3) is 5.56 Å². The molecule has 4 rings (SSSR count). The second kappa shape index (κ2) is 10.7. The zero-order valence-corrected chi connectivity index (χ0v) is 20.6. The second-order valence-corrected chi connectivity index (χ2v) is 9.27. The van der Waals surface area contributed by atoms with Crippen molar-refractivity contribution in [2.45, 2.75) is 32.9 Å².